The van der Waals surface area contributed by atoms with Crippen LogP contribution in [0.15, 0.2) is 64.8 Å². The molecule has 0 aliphatic carbocycles. The highest BCUT2D eigenvalue weighted by molar-refractivity contribution is 6.32. The van der Waals surface area contributed by atoms with Gasteiger partial charge in [-0.15, -0.1) is 0 Å². The number of benzene rings is 2. The molecule has 0 aliphatic rings. The molecule has 0 spiro atoms. The zero-order valence-corrected chi connectivity index (χ0v) is 18.0. The highest BCUT2D eigenvalue weighted by Crippen LogP contribution is 2.37. The molecule has 0 radical (unpaired) electrons. The molecular weight excluding hydrogens is 439 g/mol. The summed E-state index contributed by atoms with van der Waals surface area (Å²) in [5.41, 5.74) is 1.34. The Bertz CT molecular complexity index is 1120. The van der Waals surface area contributed by atoms with Crippen LogP contribution in [0.1, 0.15) is 16.9 Å². The first-order valence-electron chi connectivity index (χ1n) is 9.17. The Balaban J connectivity index is 1.76. The standard InChI is InChI=1S/C23H18Cl2N2O4/c1-29-21-11-16(9-17(12-26)23(28)27-13-19-3-2-8-30-19)10-20(25)22(21)31-14-15-4-6-18(24)7-5-15/h2-11H,13-14H2,1H3,(H,27,28)/b17-9+. The van der Waals surface area contributed by atoms with Crippen LogP contribution in [-0.4, -0.2) is 13.0 Å². The number of hydrogen-bond donors (Lipinski definition) is 1. The third-order valence-electron chi connectivity index (χ3n) is 4.23. The molecule has 2 aromatic carbocycles. The molecule has 3 rings (SSSR count). The Morgan fingerprint density at radius 3 is 2.65 bits per heavy atom. The average molecular weight is 457 g/mol. The van der Waals surface area contributed by atoms with Gasteiger partial charge >= 0.3 is 0 Å². The number of amides is 1. The molecule has 0 fully saturated rings. The molecule has 1 N–H and O–H groups in total. The normalized spacial score (nSPS) is 11.0. The second-order valence-corrected chi connectivity index (χ2v) is 7.22. The van der Waals surface area contributed by atoms with E-state index in [1.807, 2.05) is 18.2 Å². The van der Waals surface area contributed by atoms with Gasteiger partial charge < -0.3 is 19.2 Å². The van der Waals surface area contributed by atoms with Crippen LogP contribution < -0.4 is 14.8 Å². The van der Waals surface area contributed by atoms with E-state index in [1.54, 1.807) is 36.4 Å². The summed E-state index contributed by atoms with van der Waals surface area (Å²) in [7, 11) is 1.48. The average Bonchev–Trinajstić information content (AvgIpc) is 3.29. The van der Waals surface area contributed by atoms with Crippen LogP contribution >= 0.6 is 23.2 Å². The molecule has 0 bridgehead atoms. The first-order chi connectivity index (χ1) is 15.0. The van der Waals surface area contributed by atoms with E-state index in [-0.39, 0.29) is 23.7 Å². The molecule has 0 saturated heterocycles. The minimum absolute atomic E-state index is 0.0838. The predicted octanol–water partition coefficient (Wildman–Crippen LogP) is 5.40. The minimum Gasteiger partial charge on any atom is -0.493 e. The van der Waals surface area contributed by atoms with Crippen molar-refractivity contribution in [2.75, 3.05) is 7.11 Å². The van der Waals surface area contributed by atoms with Gasteiger partial charge in [0.1, 0.15) is 24.0 Å². The SMILES string of the molecule is COc1cc(/C=C(\C#N)C(=O)NCc2ccco2)cc(Cl)c1OCc1ccc(Cl)cc1. The maximum atomic E-state index is 12.3. The summed E-state index contributed by atoms with van der Waals surface area (Å²) in [6, 6.07) is 15.8. The first-order valence-corrected chi connectivity index (χ1v) is 9.93. The van der Waals surface area contributed by atoms with Crippen molar-refractivity contribution in [1.29, 1.82) is 5.26 Å². The van der Waals surface area contributed by atoms with E-state index in [0.29, 0.717) is 27.8 Å². The van der Waals surface area contributed by atoms with Crippen molar-refractivity contribution in [3.05, 3.63) is 87.3 Å². The summed E-state index contributed by atoms with van der Waals surface area (Å²) in [5.74, 6) is 0.785. The van der Waals surface area contributed by atoms with Gasteiger partial charge in [0.25, 0.3) is 5.91 Å². The Morgan fingerprint density at radius 1 is 1.23 bits per heavy atom. The molecule has 8 heteroatoms. The number of nitrogens with one attached hydrogen (secondary N) is 1. The van der Waals surface area contributed by atoms with Crippen molar-refractivity contribution in [2.24, 2.45) is 0 Å². The number of hydrogen-bond acceptors (Lipinski definition) is 5. The van der Waals surface area contributed by atoms with Gasteiger partial charge in [-0.05, 0) is 53.6 Å². The molecule has 1 heterocycles. The molecule has 0 saturated carbocycles. The Morgan fingerprint density at radius 2 is 2.00 bits per heavy atom. The van der Waals surface area contributed by atoms with Gasteiger partial charge in [-0.25, -0.2) is 0 Å². The van der Waals surface area contributed by atoms with Gasteiger partial charge in [-0.1, -0.05) is 35.3 Å². The summed E-state index contributed by atoms with van der Waals surface area (Å²) < 4.78 is 16.4. The smallest absolute Gasteiger partial charge is 0.262 e. The zero-order chi connectivity index (χ0) is 22.2. The van der Waals surface area contributed by atoms with Crippen LogP contribution in [0.2, 0.25) is 10.0 Å². The fourth-order valence-corrected chi connectivity index (χ4v) is 3.09. The number of ether oxygens (including phenoxy) is 2. The predicted molar refractivity (Wildman–Crippen MR) is 118 cm³/mol. The quantitative estimate of drug-likeness (QED) is 0.362. The summed E-state index contributed by atoms with van der Waals surface area (Å²) in [6.07, 6.45) is 2.93. The van der Waals surface area contributed by atoms with Crippen LogP contribution in [0.4, 0.5) is 0 Å². The summed E-state index contributed by atoms with van der Waals surface area (Å²) in [5, 5.41) is 12.9. The van der Waals surface area contributed by atoms with E-state index < -0.39 is 5.91 Å². The summed E-state index contributed by atoms with van der Waals surface area (Å²) >= 11 is 12.3. The summed E-state index contributed by atoms with van der Waals surface area (Å²) in [4.78, 5) is 12.3. The molecule has 3 aromatic rings. The van der Waals surface area contributed by atoms with Gasteiger partial charge in [0.05, 0.1) is 24.9 Å². The lowest BCUT2D eigenvalue weighted by Crippen LogP contribution is -2.23. The van der Waals surface area contributed by atoms with E-state index in [0.717, 1.165) is 5.56 Å². The third kappa shape index (κ3) is 6.05. The van der Waals surface area contributed by atoms with Crippen molar-refractivity contribution in [3.63, 3.8) is 0 Å². The van der Waals surface area contributed by atoms with Crippen molar-refractivity contribution in [1.82, 2.24) is 5.32 Å². The minimum atomic E-state index is -0.531. The van der Waals surface area contributed by atoms with Crippen LogP contribution in [0.25, 0.3) is 6.08 Å². The molecule has 158 valence electrons. The Labute approximate surface area is 189 Å². The molecule has 0 atom stereocenters. The number of carbonyl (C=O) groups is 1. The molecule has 1 amide bonds. The molecule has 0 unspecified atom stereocenters. The maximum Gasteiger partial charge on any atom is 0.262 e. The third-order valence-corrected chi connectivity index (χ3v) is 4.76. The number of carbonyl (C=O) groups excluding carboxylic acids is 1. The highest BCUT2D eigenvalue weighted by Gasteiger charge is 2.14. The van der Waals surface area contributed by atoms with Crippen molar-refractivity contribution in [3.8, 4) is 17.6 Å². The molecule has 31 heavy (non-hydrogen) atoms. The Hall–Kier alpha value is -3.40. The second kappa shape index (κ2) is 10.6. The van der Waals surface area contributed by atoms with E-state index in [9.17, 15) is 10.1 Å². The lowest BCUT2D eigenvalue weighted by molar-refractivity contribution is -0.117. The summed E-state index contributed by atoms with van der Waals surface area (Å²) in [6.45, 7) is 0.438. The van der Waals surface area contributed by atoms with Crippen LogP contribution in [-0.2, 0) is 17.9 Å². The number of rotatable bonds is 8. The number of methoxy groups -OCH3 is 1. The van der Waals surface area contributed by atoms with E-state index in [4.69, 9.17) is 37.1 Å². The first kappa shape index (κ1) is 22.3. The van der Waals surface area contributed by atoms with Gasteiger partial charge in [0.15, 0.2) is 11.5 Å². The van der Waals surface area contributed by atoms with Gasteiger partial charge in [-0.2, -0.15) is 5.26 Å². The van der Waals surface area contributed by atoms with Crippen LogP contribution in [0.3, 0.4) is 0 Å². The number of furan rings is 1. The fourth-order valence-electron chi connectivity index (χ4n) is 2.69. The largest absolute Gasteiger partial charge is 0.493 e. The monoisotopic (exact) mass is 456 g/mol. The zero-order valence-electron chi connectivity index (χ0n) is 16.5. The van der Waals surface area contributed by atoms with Crippen LogP contribution in [0, 0.1) is 11.3 Å². The van der Waals surface area contributed by atoms with Gasteiger partial charge in [-0.3, -0.25) is 4.79 Å². The lowest BCUT2D eigenvalue weighted by Gasteiger charge is -2.13. The van der Waals surface area contributed by atoms with Gasteiger partial charge in [0, 0.05) is 5.02 Å². The number of nitriles is 1. The Kier molecular flexibility index (Phi) is 7.60. The number of halogens is 2. The van der Waals surface area contributed by atoms with Crippen molar-refractivity contribution < 1.29 is 18.7 Å². The second-order valence-electron chi connectivity index (χ2n) is 6.38. The van der Waals surface area contributed by atoms with Crippen molar-refractivity contribution >= 4 is 35.2 Å². The fraction of sp³-hybridized carbons (Fsp3) is 0.130. The van der Waals surface area contributed by atoms with E-state index >= 15 is 0 Å². The van der Waals surface area contributed by atoms with Gasteiger partial charge in [0.2, 0.25) is 0 Å². The van der Waals surface area contributed by atoms with E-state index in [2.05, 4.69) is 5.32 Å². The highest BCUT2D eigenvalue weighted by atomic mass is 35.5. The van der Waals surface area contributed by atoms with E-state index in [1.165, 1.54) is 19.4 Å². The molecule has 1 aromatic heterocycles. The number of nitrogens with zero attached hydrogens (tertiary/aromatic N) is 1. The van der Waals surface area contributed by atoms with Crippen LogP contribution in [0.5, 0.6) is 11.5 Å². The molecule has 0 aliphatic heterocycles. The lowest BCUT2D eigenvalue weighted by atomic mass is 10.1. The molecule has 6 nitrogen and oxygen atoms in total. The molecular formula is C23H18Cl2N2O4. The topological polar surface area (TPSA) is 84.5 Å². The maximum absolute atomic E-state index is 12.3. The van der Waals surface area contributed by atoms with Crippen molar-refractivity contribution in [2.45, 2.75) is 13.2 Å².